The number of methoxy groups -OCH3 is 1. The molecule has 0 radical (unpaired) electrons. The molecule has 19 heavy (non-hydrogen) atoms. The van der Waals surface area contributed by atoms with Crippen LogP contribution in [0.1, 0.15) is 22.7 Å². The molecule has 5 nitrogen and oxygen atoms in total. The highest BCUT2D eigenvalue weighted by atomic mass is 32.1. The Hall–Kier alpha value is -1.66. The molecule has 2 aromatic rings. The summed E-state index contributed by atoms with van der Waals surface area (Å²) in [7, 11) is 1.61. The number of aryl methyl sites for hydroxylation is 1. The first-order chi connectivity index (χ1) is 9.10. The van der Waals surface area contributed by atoms with Crippen molar-refractivity contribution in [2.75, 3.05) is 12.8 Å². The zero-order valence-electron chi connectivity index (χ0n) is 10.7. The molecule has 0 aliphatic heterocycles. The first-order valence-corrected chi connectivity index (χ1v) is 6.97. The van der Waals surface area contributed by atoms with E-state index in [1.807, 2.05) is 18.2 Å². The van der Waals surface area contributed by atoms with Crippen molar-refractivity contribution >= 4 is 16.5 Å². The normalized spacial score (nSPS) is 22.0. The zero-order chi connectivity index (χ0) is 13.5. The van der Waals surface area contributed by atoms with Crippen LogP contribution in [-0.2, 0) is 18.4 Å². The molecule has 4 N–H and O–H groups in total. The van der Waals surface area contributed by atoms with Crippen LogP contribution in [0.4, 0.5) is 5.13 Å². The summed E-state index contributed by atoms with van der Waals surface area (Å²) in [6, 6.07) is 5.70. The summed E-state index contributed by atoms with van der Waals surface area (Å²) in [5, 5.41) is 0.618. The molecule has 2 aromatic heterocycles. The Kier molecular flexibility index (Phi) is 2.91. The predicted molar refractivity (Wildman–Crippen MR) is 75.2 cm³/mol. The maximum Gasteiger partial charge on any atom is 0.213 e. The van der Waals surface area contributed by atoms with Gasteiger partial charge in [-0.15, -0.1) is 11.3 Å². The van der Waals surface area contributed by atoms with Gasteiger partial charge in [0.05, 0.1) is 24.0 Å². The number of thiazole rings is 1. The Balaban J connectivity index is 1.96. The van der Waals surface area contributed by atoms with Crippen LogP contribution < -0.4 is 16.2 Å². The highest BCUT2D eigenvalue weighted by Gasteiger charge is 2.35. The van der Waals surface area contributed by atoms with Crippen molar-refractivity contribution < 1.29 is 4.74 Å². The minimum Gasteiger partial charge on any atom is -0.481 e. The van der Waals surface area contributed by atoms with Crippen molar-refractivity contribution in [1.82, 2.24) is 9.97 Å². The van der Waals surface area contributed by atoms with Crippen molar-refractivity contribution in [3.8, 4) is 5.88 Å². The topological polar surface area (TPSA) is 87.0 Å². The van der Waals surface area contributed by atoms with Crippen LogP contribution in [0, 0.1) is 0 Å². The Morgan fingerprint density at radius 2 is 2.21 bits per heavy atom. The van der Waals surface area contributed by atoms with Gasteiger partial charge in [0.2, 0.25) is 5.88 Å². The monoisotopic (exact) mass is 276 g/mol. The first-order valence-electron chi connectivity index (χ1n) is 6.15. The summed E-state index contributed by atoms with van der Waals surface area (Å²) in [6.07, 6.45) is 2.40. The molecule has 3 rings (SSSR count). The van der Waals surface area contributed by atoms with Crippen molar-refractivity contribution in [1.29, 1.82) is 0 Å². The minimum atomic E-state index is -0.458. The molecule has 0 aromatic carbocycles. The van der Waals surface area contributed by atoms with E-state index in [1.54, 1.807) is 7.11 Å². The van der Waals surface area contributed by atoms with Gasteiger partial charge in [-0.05, 0) is 18.9 Å². The summed E-state index contributed by atoms with van der Waals surface area (Å²) in [6.45, 7) is 0. The second-order valence-electron chi connectivity index (χ2n) is 4.82. The molecule has 0 spiro atoms. The van der Waals surface area contributed by atoms with Gasteiger partial charge in [0.1, 0.15) is 0 Å². The fourth-order valence-electron chi connectivity index (χ4n) is 2.48. The van der Waals surface area contributed by atoms with E-state index in [-0.39, 0.29) is 0 Å². The van der Waals surface area contributed by atoms with Gasteiger partial charge in [0.15, 0.2) is 5.13 Å². The van der Waals surface area contributed by atoms with Crippen LogP contribution in [0.3, 0.4) is 0 Å². The zero-order valence-corrected chi connectivity index (χ0v) is 11.5. The number of fused-ring (bicyclic) bond motifs is 1. The third-order valence-corrected chi connectivity index (χ3v) is 4.45. The van der Waals surface area contributed by atoms with Crippen LogP contribution >= 0.6 is 11.3 Å². The predicted octanol–water partition coefficient (Wildman–Crippen LogP) is 1.47. The van der Waals surface area contributed by atoms with E-state index in [0.717, 1.165) is 30.7 Å². The van der Waals surface area contributed by atoms with E-state index in [4.69, 9.17) is 16.2 Å². The van der Waals surface area contributed by atoms with Crippen molar-refractivity contribution in [2.24, 2.45) is 5.73 Å². The molecule has 1 atom stereocenters. The number of rotatable bonds is 2. The Morgan fingerprint density at radius 1 is 1.37 bits per heavy atom. The smallest absolute Gasteiger partial charge is 0.213 e. The lowest BCUT2D eigenvalue weighted by atomic mass is 9.81. The van der Waals surface area contributed by atoms with E-state index in [2.05, 4.69) is 9.97 Å². The molecule has 2 heterocycles. The van der Waals surface area contributed by atoms with E-state index >= 15 is 0 Å². The van der Waals surface area contributed by atoms with Crippen LogP contribution in [0.5, 0.6) is 5.88 Å². The molecular weight excluding hydrogens is 260 g/mol. The molecule has 0 amide bonds. The Morgan fingerprint density at radius 3 is 3.00 bits per heavy atom. The van der Waals surface area contributed by atoms with E-state index in [1.165, 1.54) is 16.2 Å². The van der Waals surface area contributed by atoms with Crippen molar-refractivity contribution in [3.05, 3.63) is 34.5 Å². The Labute approximate surface area is 115 Å². The highest BCUT2D eigenvalue weighted by Crippen LogP contribution is 2.37. The summed E-state index contributed by atoms with van der Waals surface area (Å²) >= 11 is 1.52. The highest BCUT2D eigenvalue weighted by molar-refractivity contribution is 7.15. The molecule has 0 saturated carbocycles. The largest absolute Gasteiger partial charge is 0.481 e. The number of hydrogen-bond acceptors (Lipinski definition) is 6. The standard InChI is InChI=1S/C13H16N4OS/c1-18-11-4-2-3-10(17-11)13(15)6-5-8-9(7-13)19-12(14)16-8/h2-4H,5-7,15H2,1H3,(H2,14,16). The number of nitrogen functional groups attached to an aromatic ring is 1. The lowest BCUT2D eigenvalue weighted by Gasteiger charge is -2.32. The molecule has 1 aliphatic rings. The van der Waals surface area contributed by atoms with Crippen LogP contribution in [0.2, 0.25) is 0 Å². The van der Waals surface area contributed by atoms with Gasteiger partial charge in [0.25, 0.3) is 0 Å². The van der Waals surface area contributed by atoms with Crippen LogP contribution in [0.15, 0.2) is 18.2 Å². The van der Waals surface area contributed by atoms with Gasteiger partial charge >= 0.3 is 0 Å². The average Bonchev–Trinajstić information content (AvgIpc) is 2.78. The van der Waals surface area contributed by atoms with Gasteiger partial charge in [-0.2, -0.15) is 0 Å². The van der Waals surface area contributed by atoms with E-state index in [9.17, 15) is 0 Å². The number of anilines is 1. The minimum absolute atomic E-state index is 0.458. The maximum atomic E-state index is 6.55. The number of nitrogens with zero attached hydrogens (tertiary/aromatic N) is 2. The van der Waals surface area contributed by atoms with Gasteiger partial charge in [-0.1, -0.05) is 6.07 Å². The van der Waals surface area contributed by atoms with Crippen LogP contribution in [-0.4, -0.2) is 17.1 Å². The summed E-state index contributed by atoms with van der Waals surface area (Å²) < 4.78 is 5.17. The number of pyridine rings is 1. The maximum absolute atomic E-state index is 6.55. The number of hydrogen-bond donors (Lipinski definition) is 2. The van der Waals surface area contributed by atoms with Gasteiger partial charge in [-0.25, -0.2) is 9.97 Å². The third-order valence-electron chi connectivity index (χ3n) is 3.52. The summed E-state index contributed by atoms with van der Waals surface area (Å²) in [5.74, 6) is 0.594. The van der Waals surface area contributed by atoms with Crippen molar-refractivity contribution in [2.45, 2.75) is 24.8 Å². The van der Waals surface area contributed by atoms with Gasteiger partial charge < -0.3 is 16.2 Å². The molecule has 1 unspecified atom stereocenters. The van der Waals surface area contributed by atoms with E-state index < -0.39 is 5.54 Å². The molecule has 0 fully saturated rings. The SMILES string of the molecule is COc1cccc(C2(N)CCc3nc(N)sc3C2)n1. The second kappa shape index (κ2) is 4.47. The summed E-state index contributed by atoms with van der Waals surface area (Å²) in [4.78, 5) is 9.99. The fraction of sp³-hybridized carbons (Fsp3) is 0.385. The quantitative estimate of drug-likeness (QED) is 0.867. The Bertz CT molecular complexity index is 612. The number of aromatic nitrogens is 2. The molecular formula is C13H16N4OS. The molecule has 0 saturated heterocycles. The van der Waals surface area contributed by atoms with Gasteiger partial charge in [0, 0.05) is 17.4 Å². The average molecular weight is 276 g/mol. The number of ether oxygens (including phenoxy) is 1. The molecule has 1 aliphatic carbocycles. The van der Waals surface area contributed by atoms with Crippen molar-refractivity contribution in [3.63, 3.8) is 0 Å². The summed E-state index contributed by atoms with van der Waals surface area (Å²) in [5.41, 5.74) is 13.8. The van der Waals surface area contributed by atoms with Gasteiger partial charge in [-0.3, -0.25) is 0 Å². The fourth-order valence-corrected chi connectivity index (χ4v) is 3.48. The third kappa shape index (κ3) is 2.17. The molecule has 0 bridgehead atoms. The molecule has 6 heteroatoms. The number of nitrogens with two attached hydrogens (primary N) is 2. The first kappa shape index (κ1) is 12.4. The van der Waals surface area contributed by atoms with E-state index in [0.29, 0.717) is 11.0 Å². The van der Waals surface area contributed by atoms with Crippen LogP contribution in [0.25, 0.3) is 0 Å². The molecule has 100 valence electrons. The lowest BCUT2D eigenvalue weighted by molar-refractivity contribution is 0.357. The second-order valence-corrected chi connectivity index (χ2v) is 5.94. The lowest BCUT2D eigenvalue weighted by Crippen LogP contribution is -2.42.